The van der Waals surface area contributed by atoms with E-state index in [1.165, 1.54) is 16.5 Å². The van der Waals surface area contributed by atoms with Crippen LogP contribution in [-0.2, 0) is 0 Å². The predicted molar refractivity (Wildman–Crippen MR) is 124 cm³/mol. The molecule has 6 nitrogen and oxygen atoms in total. The summed E-state index contributed by atoms with van der Waals surface area (Å²) < 4.78 is 11.3. The van der Waals surface area contributed by atoms with Crippen molar-refractivity contribution in [3.05, 3.63) is 66.5 Å². The van der Waals surface area contributed by atoms with Crippen molar-refractivity contribution in [3.8, 4) is 11.5 Å². The lowest BCUT2D eigenvalue weighted by molar-refractivity contribution is 0.0722. The number of fused-ring (bicyclic) bond motifs is 2. The highest BCUT2D eigenvalue weighted by molar-refractivity contribution is 5.93. The molecule has 2 aromatic carbocycles. The average Bonchev–Trinajstić information content (AvgIpc) is 3.42. The van der Waals surface area contributed by atoms with Crippen molar-refractivity contribution in [1.82, 2.24) is 14.9 Å². The van der Waals surface area contributed by atoms with Gasteiger partial charge in [-0.05, 0) is 42.3 Å². The zero-order chi connectivity index (χ0) is 21.2. The van der Waals surface area contributed by atoms with E-state index < -0.39 is 6.10 Å². The molecule has 0 radical (unpaired) electrons. The molecule has 4 aromatic rings. The monoisotopic (exact) mass is 417 g/mol. The van der Waals surface area contributed by atoms with Crippen molar-refractivity contribution in [2.45, 2.75) is 12.5 Å². The fourth-order valence-corrected chi connectivity index (χ4v) is 4.32. The number of rotatable bonds is 7. The molecule has 1 aliphatic heterocycles. The number of hydrogen-bond acceptors (Lipinski definition) is 4. The van der Waals surface area contributed by atoms with Crippen molar-refractivity contribution in [2.24, 2.45) is 0 Å². The number of aromatic nitrogens is 2. The van der Waals surface area contributed by atoms with Gasteiger partial charge in [0.25, 0.3) is 0 Å². The number of H-pyrrole nitrogens is 2. The van der Waals surface area contributed by atoms with Gasteiger partial charge in [0.2, 0.25) is 0 Å². The number of nitrogens with one attached hydrogen (secondary N) is 2. The Balaban J connectivity index is 1.19. The van der Waals surface area contributed by atoms with Crippen LogP contribution in [0.2, 0.25) is 0 Å². The van der Waals surface area contributed by atoms with E-state index in [1.807, 2.05) is 36.5 Å². The number of aliphatic hydroxyl groups excluding tert-OH is 1. The quantitative estimate of drug-likeness (QED) is 0.422. The van der Waals surface area contributed by atoms with Gasteiger partial charge >= 0.3 is 0 Å². The molecule has 1 atom stereocenters. The van der Waals surface area contributed by atoms with Crippen LogP contribution in [0.15, 0.2) is 60.9 Å². The maximum absolute atomic E-state index is 10.5. The summed E-state index contributed by atoms with van der Waals surface area (Å²) in [5.74, 6) is 1.65. The van der Waals surface area contributed by atoms with E-state index in [9.17, 15) is 5.11 Å². The summed E-state index contributed by atoms with van der Waals surface area (Å²) in [6.45, 7) is 2.59. The van der Waals surface area contributed by atoms with E-state index in [-0.39, 0.29) is 6.61 Å². The Morgan fingerprint density at radius 1 is 1.06 bits per heavy atom. The molecule has 0 unspecified atom stereocenters. The van der Waals surface area contributed by atoms with E-state index in [1.54, 1.807) is 7.11 Å². The number of nitrogens with zero attached hydrogens (tertiary/aromatic N) is 1. The molecule has 31 heavy (non-hydrogen) atoms. The molecule has 5 rings (SSSR count). The topological polar surface area (TPSA) is 73.5 Å². The minimum atomic E-state index is -0.541. The van der Waals surface area contributed by atoms with Gasteiger partial charge in [0.1, 0.15) is 24.2 Å². The van der Waals surface area contributed by atoms with E-state index in [2.05, 4.69) is 39.3 Å². The minimum Gasteiger partial charge on any atom is -0.497 e. The molecule has 160 valence electrons. The molecule has 3 N–H and O–H groups in total. The number of aromatic amines is 2. The molecule has 1 aliphatic rings. The van der Waals surface area contributed by atoms with Crippen LogP contribution in [0.1, 0.15) is 12.0 Å². The summed E-state index contributed by atoms with van der Waals surface area (Å²) in [5.41, 5.74) is 4.72. The van der Waals surface area contributed by atoms with Crippen molar-refractivity contribution in [1.29, 1.82) is 0 Å². The summed E-state index contributed by atoms with van der Waals surface area (Å²) in [7, 11) is 1.69. The number of aliphatic hydroxyl groups is 1. The Morgan fingerprint density at radius 2 is 1.90 bits per heavy atom. The molecule has 0 bridgehead atoms. The molecule has 0 amide bonds. The van der Waals surface area contributed by atoms with Gasteiger partial charge in [-0.15, -0.1) is 0 Å². The second kappa shape index (κ2) is 8.49. The van der Waals surface area contributed by atoms with Crippen LogP contribution in [-0.4, -0.2) is 59.4 Å². The zero-order valence-electron chi connectivity index (χ0n) is 17.6. The first-order valence-electron chi connectivity index (χ1n) is 10.6. The predicted octanol–water partition coefficient (Wildman–Crippen LogP) is 4.19. The summed E-state index contributed by atoms with van der Waals surface area (Å²) in [5, 5.41) is 12.7. The molecular formula is C25H27N3O3. The van der Waals surface area contributed by atoms with Crippen LogP contribution in [0.5, 0.6) is 11.5 Å². The van der Waals surface area contributed by atoms with Crippen LogP contribution < -0.4 is 9.47 Å². The van der Waals surface area contributed by atoms with Crippen molar-refractivity contribution >= 4 is 27.4 Å². The first kappa shape index (κ1) is 19.7. The van der Waals surface area contributed by atoms with Crippen molar-refractivity contribution in [3.63, 3.8) is 0 Å². The maximum Gasteiger partial charge on any atom is 0.144 e. The van der Waals surface area contributed by atoms with Gasteiger partial charge in [0.05, 0.1) is 7.11 Å². The smallest absolute Gasteiger partial charge is 0.144 e. The van der Waals surface area contributed by atoms with Crippen LogP contribution in [0.4, 0.5) is 0 Å². The zero-order valence-corrected chi connectivity index (χ0v) is 17.6. The number of ether oxygens (including phenoxy) is 2. The largest absolute Gasteiger partial charge is 0.497 e. The Kier molecular flexibility index (Phi) is 5.40. The fourth-order valence-electron chi connectivity index (χ4n) is 4.32. The van der Waals surface area contributed by atoms with Crippen LogP contribution in [0.25, 0.3) is 27.4 Å². The lowest BCUT2D eigenvalue weighted by Crippen LogP contribution is -2.38. The van der Waals surface area contributed by atoms with E-state index in [0.29, 0.717) is 6.54 Å². The van der Waals surface area contributed by atoms with Gasteiger partial charge < -0.3 is 24.5 Å². The Bertz CT molecular complexity index is 1220. The van der Waals surface area contributed by atoms with Gasteiger partial charge in [-0.2, -0.15) is 0 Å². The van der Waals surface area contributed by atoms with E-state index in [4.69, 9.17) is 9.47 Å². The molecule has 0 fully saturated rings. The third-order valence-corrected chi connectivity index (χ3v) is 5.98. The minimum absolute atomic E-state index is 0.275. The SMILES string of the molecule is COc1ccc2[nH]cc(C3=CCN(C[C@H](O)COc4c[nH]c5ccccc45)CC3)c2c1. The second-order valence-corrected chi connectivity index (χ2v) is 8.02. The summed E-state index contributed by atoms with van der Waals surface area (Å²) in [6.07, 6.45) is 6.60. The molecule has 2 aromatic heterocycles. The third kappa shape index (κ3) is 4.04. The summed E-state index contributed by atoms with van der Waals surface area (Å²) >= 11 is 0. The van der Waals surface area contributed by atoms with Crippen molar-refractivity contribution in [2.75, 3.05) is 33.4 Å². The highest BCUT2D eigenvalue weighted by Crippen LogP contribution is 2.31. The lowest BCUT2D eigenvalue weighted by atomic mass is 9.98. The molecule has 0 saturated heterocycles. The van der Waals surface area contributed by atoms with Crippen LogP contribution in [0, 0.1) is 0 Å². The normalized spacial score (nSPS) is 15.9. The number of methoxy groups -OCH3 is 1. The van der Waals surface area contributed by atoms with Crippen molar-refractivity contribution < 1.29 is 14.6 Å². The molecule has 0 saturated carbocycles. The first-order valence-corrected chi connectivity index (χ1v) is 10.6. The molecule has 3 heterocycles. The highest BCUT2D eigenvalue weighted by atomic mass is 16.5. The molecule has 0 spiro atoms. The standard InChI is InChI=1S/C25H27N3O3/c1-30-19-6-7-24-21(12-19)22(13-26-24)17-8-10-28(11-9-17)15-18(29)16-31-25-14-27-23-5-3-2-4-20(23)25/h2-8,12-14,18,26-27,29H,9-11,15-16H2,1H3/t18-/m0/s1. The maximum atomic E-state index is 10.5. The lowest BCUT2D eigenvalue weighted by Gasteiger charge is -2.28. The Morgan fingerprint density at radius 3 is 2.74 bits per heavy atom. The van der Waals surface area contributed by atoms with Gasteiger partial charge in [-0.25, -0.2) is 0 Å². The van der Waals surface area contributed by atoms with Gasteiger partial charge in [0, 0.05) is 59.4 Å². The molecule has 6 heteroatoms. The number of β-amino-alcohol motifs (C(OH)–C–C–N with tert-alkyl or cyclic N) is 1. The van der Waals surface area contributed by atoms with Gasteiger partial charge in [0.15, 0.2) is 0 Å². The fraction of sp³-hybridized carbons (Fsp3) is 0.280. The Hall–Kier alpha value is -3.22. The van der Waals surface area contributed by atoms with E-state index in [0.717, 1.165) is 47.4 Å². The number of benzene rings is 2. The molecule has 0 aliphatic carbocycles. The number of hydrogen-bond donors (Lipinski definition) is 3. The average molecular weight is 418 g/mol. The molecular weight excluding hydrogens is 390 g/mol. The highest BCUT2D eigenvalue weighted by Gasteiger charge is 2.19. The first-order chi connectivity index (χ1) is 15.2. The van der Waals surface area contributed by atoms with Gasteiger partial charge in [-0.1, -0.05) is 18.2 Å². The Labute approximate surface area is 181 Å². The van der Waals surface area contributed by atoms with E-state index >= 15 is 0 Å². The van der Waals surface area contributed by atoms with Crippen LogP contribution >= 0.6 is 0 Å². The number of para-hydroxylation sites is 1. The second-order valence-electron chi connectivity index (χ2n) is 8.02. The van der Waals surface area contributed by atoms with Gasteiger partial charge in [-0.3, -0.25) is 4.90 Å². The van der Waals surface area contributed by atoms with Crippen LogP contribution in [0.3, 0.4) is 0 Å². The summed E-state index contributed by atoms with van der Waals surface area (Å²) in [4.78, 5) is 8.82. The summed E-state index contributed by atoms with van der Waals surface area (Å²) in [6, 6.07) is 14.1. The third-order valence-electron chi connectivity index (χ3n) is 5.98.